The van der Waals surface area contributed by atoms with Crippen LogP contribution in [0, 0.1) is 88.4 Å². The minimum absolute atomic E-state index is 0.0195. The van der Waals surface area contributed by atoms with Crippen LogP contribution in [-0.4, -0.2) is 192 Å². The molecule has 6 aliphatic heterocycles. The van der Waals surface area contributed by atoms with Crippen molar-refractivity contribution in [2.75, 3.05) is 165 Å². The fourth-order valence-corrected chi connectivity index (χ4v) is 19.7. The molecule has 15 rings (SSSR count). The molecule has 0 saturated carbocycles. The number of para-hydroxylation sites is 5. The summed E-state index contributed by atoms with van der Waals surface area (Å²) in [5, 5.41) is 49.5. The second-order valence-corrected chi connectivity index (χ2v) is 36.4. The molecule has 0 atom stereocenters. The number of hydrogen-bond acceptors (Lipinski definition) is 19. The summed E-state index contributed by atoms with van der Waals surface area (Å²) in [5.41, 5.74) is 20.6. The van der Waals surface area contributed by atoms with Gasteiger partial charge in [0.2, 0.25) is 20.0 Å². The van der Waals surface area contributed by atoms with Crippen molar-refractivity contribution in [3.05, 3.63) is 259 Å². The van der Waals surface area contributed by atoms with E-state index in [0.29, 0.717) is 124 Å². The lowest BCUT2D eigenvalue weighted by atomic mass is 9.86. The molecule has 9 aromatic rings. The van der Waals surface area contributed by atoms with Gasteiger partial charge in [0.15, 0.2) is 0 Å². The SMILES string of the molecule is CNC(=O)c1cc(C)ccc1N1CCN(C(=O)c2cc(NC3CCN(c4ccccc4C#N)CC3)c(C)cc2C)CC1.Cc1cc(C)c(C(=O)N2CCN(c3ccccc3S(N)(=O)=O)CC2)cc1CC1CCN(c2ccccc2C#N)CC1.Cc1cc(C)c(C(=O)N2CCN(c3ccccc3S(N)(=O)=O)CC2)cc1NC1CCN(c2ccccc2C#N)CC1. The van der Waals surface area contributed by atoms with Gasteiger partial charge in [0.25, 0.3) is 23.6 Å². The molecule has 9 aromatic carbocycles. The Kier molecular flexibility index (Phi) is 28.7. The number of nitrogens with zero attached hydrogens (tertiary/aromatic N) is 12. The fourth-order valence-electron chi connectivity index (χ4n) is 18.1. The number of nitrogens with two attached hydrogens (primary N) is 2. The smallest absolute Gasteiger partial charge is 0.254 e. The minimum Gasteiger partial charge on any atom is -0.382 e. The lowest BCUT2D eigenvalue weighted by Gasteiger charge is -2.37. The Balaban J connectivity index is 0.000000160. The molecule has 0 unspecified atom stereocenters. The summed E-state index contributed by atoms with van der Waals surface area (Å²) in [4.78, 5) is 72.4. The van der Waals surface area contributed by atoms with Gasteiger partial charge in [0.1, 0.15) is 28.0 Å². The largest absolute Gasteiger partial charge is 0.382 e. The van der Waals surface area contributed by atoms with Crippen molar-refractivity contribution in [3.8, 4) is 18.2 Å². The van der Waals surface area contributed by atoms with Crippen LogP contribution < -0.4 is 55.6 Å². The van der Waals surface area contributed by atoms with Crippen LogP contribution in [0.15, 0.2) is 186 Å². The lowest BCUT2D eigenvalue weighted by Crippen LogP contribution is -2.49. The quantitative estimate of drug-likeness (QED) is 0.0533. The van der Waals surface area contributed by atoms with E-state index in [9.17, 15) is 51.8 Å². The Morgan fingerprint density at radius 2 is 0.669 bits per heavy atom. The van der Waals surface area contributed by atoms with E-state index >= 15 is 0 Å². The molecule has 0 aromatic heterocycles. The summed E-state index contributed by atoms with van der Waals surface area (Å²) in [5.74, 6) is 0.472. The van der Waals surface area contributed by atoms with Gasteiger partial charge in [-0.2, -0.15) is 15.8 Å². The Hall–Kier alpha value is -12.5. The van der Waals surface area contributed by atoms with Crippen LogP contribution >= 0.6 is 0 Å². The Bertz CT molecular complexity index is 5560. The number of carbonyl (C=O) groups excluding carboxylic acids is 4. The van der Waals surface area contributed by atoms with E-state index in [-0.39, 0.29) is 39.5 Å². The molecular weight excluding hydrogens is 1600 g/mol. The summed E-state index contributed by atoms with van der Waals surface area (Å²) in [6.45, 7) is 26.1. The van der Waals surface area contributed by atoms with E-state index < -0.39 is 20.0 Å². The molecule has 6 heterocycles. The first-order chi connectivity index (χ1) is 59.6. The zero-order chi connectivity index (χ0) is 88.1. The van der Waals surface area contributed by atoms with Crippen LogP contribution in [0.2, 0.25) is 0 Å². The van der Waals surface area contributed by atoms with Crippen molar-refractivity contribution in [2.45, 2.75) is 115 Å². The minimum atomic E-state index is -3.85. The normalized spacial score (nSPS) is 16.2. The number of amides is 4. The molecule has 0 bridgehead atoms. The highest BCUT2D eigenvalue weighted by molar-refractivity contribution is 7.89. The lowest BCUT2D eigenvalue weighted by molar-refractivity contribution is 0.0738. The maximum atomic E-state index is 13.7. The highest BCUT2D eigenvalue weighted by Crippen LogP contribution is 2.36. The number of rotatable bonds is 18. The van der Waals surface area contributed by atoms with Crippen LogP contribution in [-0.2, 0) is 26.5 Å². The highest BCUT2D eigenvalue weighted by Gasteiger charge is 2.33. The van der Waals surface area contributed by atoms with Crippen LogP contribution in [0.1, 0.15) is 141 Å². The maximum absolute atomic E-state index is 13.7. The molecule has 646 valence electrons. The first-order valence-electron chi connectivity index (χ1n) is 42.9. The second kappa shape index (κ2) is 39.8. The Morgan fingerprint density at radius 1 is 0.355 bits per heavy atom. The average molecular weight is 1710 g/mol. The average Bonchev–Trinajstić information content (AvgIpc) is 0.799. The predicted molar refractivity (Wildman–Crippen MR) is 492 cm³/mol. The summed E-state index contributed by atoms with van der Waals surface area (Å²) < 4.78 is 48.3. The van der Waals surface area contributed by atoms with E-state index in [1.54, 1.807) is 43.4 Å². The number of nitrogens with one attached hydrogen (secondary N) is 3. The predicted octanol–water partition coefficient (Wildman–Crippen LogP) is 13.0. The van der Waals surface area contributed by atoms with E-state index in [4.69, 9.17) is 10.3 Å². The molecule has 124 heavy (non-hydrogen) atoms. The molecule has 4 amide bonds. The number of hydrogen-bond donors (Lipinski definition) is 5. The molecular formula is C97H113N17O8S2. The number of piperidine rings is 3. The number of nitriles is 3. The third-order valence-corrected chi connectivity index (χ3v) is 27.1. The number of carbonyl (C=O) groups is 4. The monoisotopic (exact) mass is 1710 g/mol. The van der Waals surface area contributed by atoms with Gasteiger partial charge in [-0.15, -0.1) is 0 Å². The van der Waals surface area contributed by atoms with E-state index in [1.165, 1.54) is 23.3 Å². The number of piperazine rings is 3. The molecule has 6 aliphatic rings. The van der Waals surface area contributed by atoms with Crippen molar-refractivity contribution in [3.63, 3.8) is 0 Å². The summed E-state index contributed by atoms with van der Waals surface area (Å²) in [6.07, 6.45) is 6.77. The standard InChI is InChI=1S/C34H40N6O2.C32H37N5O3S.C31H36N6O3S/c1-23-9-10-32(29(19-23)33(41)36-4)39-15-17-40(18-16-39)34(42)28-21-30(25(3)20-24(28)2)37-27-11-13-38(14-12-27)31-8-6-5-7-26(31)22-35;1-23-19-24(2)28(21-27(23)20-25-11-13-35(14-12-25)29-8-4-3-7-26(29)22-33)32(38)37-17-15-36(16-18-37)30-9-5-6-10-31(30)41(34,39)40;1-22-19-23(2)27(34-25-11-13-35(14-12-25)28-8-4-3-7-24(28)21-32)20-26(22)31(38)37-17-15-36(16-18-37)29-9-5-6-10-30(29)41(33,39)40/h5-10,19-21,27,37H,11-18H2,1-4H3,(H,36,41);3-10,19,21,25H,11-18,20H2,1-2H3,(H2,34,39,40);3-10,19-20,25,34H,11-18H2,1-2H3,(H2,33,39,40). The number of anilines is 8. The molecule has 6 fully saturated rings. The second-order valence-electron chi connectivity index (χ2n) is 33.4. The van der Waals surface area contributed by atoms with E-state index in [2.05, 4.69) is 98.8 Å². The third kappa shape index (κ3) is 21.1. The van der Waals surface area contributed by atoms with Crippen molar-refractivity contribution in [2.24, 2.45) is 16.2 Å². The van der Waals surface area contributed by atoms with Crippen molar-refractivity contribution < 1.29 is 36.0 Å². The van der Waals surface area contributed by atoms with E-state index in [0.717, 1.165) is 168 Å². The molecule has 25 nitrogen and oxygen atoms in total. The number of primary sulfonamides is 2. The van der Waals surface area contributed by atoms with Crippen LogP contribution in [0.4, 0.5) is 45.5 Å². The molecule has 7 N–H and O–H groups in total. The summed E-state index contributed by atoms with van der Waals surface area (Å²) in [7, 11) is -6.04. The summed E-state index contributed by atoms with van der Waals surface area (Å²) in [6, 6.07) is 62.6. The van der Waals surface area contributed by atoms with Gasteiger partial charge in [-0.1, -0.05) is 90.5 Å². The molecule has 0 aliphatic carbocycles. The van der Waals surface area contributed by atoms with Crippen molar-refractivity contribution in [1.29, 1.82) is 15.8 Å². The van der Waals surface area contributed by atoms with Crippen LogP contribution in [0.3, 0.4) is 0 Å². The van der Waals surface area contributed by atoms with E-state index in [1.807, 2.05) is 155 Å². The molecule has 0 radical (unpaired) electrons. The van der Waals surface area contributed by atoms with Crippen LogP contribution in [0.5, 0.6) is 0 Å². The van der Waals surface area contributed by atoms with Gasteiger partial charge < -0.3 is 60.0 Å². The van der Waals surface area contributed by atoms with Gasteiger partial charge >= 0.3 is 0 Å². The van der Waals surface area contributed by atoms with Crippen molar-refractivity contribution >= 4 is 89.2 Å². The van der Waals surface area contributed by atoms with Crippen molar-refractivity contribution in [1.82, 2.24) is 20.0 Å². The summed E-state index contributed by atoms with van der Waals surface area (Å²) >= 11 is 0. The topological polar surface area (TPSA) is 325 Å². The number of sulfonamides is 2. The number of aryl methyl sites for hydroxylation is 7. The Morgan fingerprint density at radius 3 is 1.02 bits per heavy atom. The van der Waals surface area contributed by atoms with Gasteiger partial charge in [-0.05, 0) is 229 Å². The molecule has 0 spiro atoms. The molecule has 6 saturated heterocycles. The van der Waals surface area contributed by atoms with Gasteiger partial charge in [0, 0.05) is 171 Å². The Labute approximate surface area is 730 Å². The first kappa shape index (κ1) is 89.3. The highest BCUT2D eigenvalue weighted by atomic mass is 32.2. The first-order valence-corrected chi connectivity index (χ1v) is 46.0. The third-order valence-electron chi connectivity index (χ3n) is 25.1. The van der Waals surface area contributed by atoms with Gasteiger partial charge in [-0.25, -0.2) is 27.1 Å². The number of benzene rings is 9. The fraction of sp³-hybridized carbons (Fsp3) is 0.371. The zero-order valence-corrected chi connectivity index (χ0v) is 73.9. The molecule has 27 heteroatoms. The van der Waals surface area contributed by atoms with Gasteiger partial charge in [-0.3, -0.25) is 19.2 Å². The van der Waals surface area contributed by atoms with Crippen LogP contribution in [0.25, 0.3) is 0 Å². The zero-order valence-electron chi connectivity index (χ0n) is 72.3. The van der Waals surface area contributed by atoms with Gasteiger partial charge in [0.05, 0.1) is 50.7 Å². The maximum Gasteiger partial charge on any atom is 0.254 e.